The summed E-state index contributed by atoms with van der Waals surface area (Å²) in [7, 11) is -1.23. The van der Waals surface area contributed by atoms with E-state index in [1.807, 2.05) is 24.3 Å². The van der Waals surface area contributed by atoms with Gasteiger partial charge in [-0.2, -0.15) is 0 Å². The van der Waals surface area contributed by atoms with Crippen LogP contribution in [0.3, 0.4) is 0 Å². The van der Waals surface area contributed by atoms with E-state index in [2.05, 4.69) is 26.0 Å². The van der Waals surface area contributed by atoms with E-state index in [4.69, 9.17) is 11.6 Å². The first kappa shape index (κ1) is 22.3. The second-order valence-corrected chi connectivity index (χ2v) is 13.3. The van der Waals surface area contributed by atoms with Crippen molar-refractivity contribution in [2.24, 2.45) is 28.6 Å². The number of carbonyl (C=O) groups excluding carboxylic acids is 2. The quantitative estimate of drug-likeness (QED) is 0.553. The lowest BCUT2D eigenvalue weighted by Crippen LogP contribution is -2.57. The zero-order valence-electron chi connectivity index (χ0n) is 18.8. The number of Topliss-reactive ketones (excluding diaryl/α,β-unsaturated/α-hetero) is 1. The predicted octanol–water partition coefficient (Wildman–Crippen LogP) is 5.40. The van der Waals surface area contributed by atoms with E-state index in [-0.39, 0.29) is 34.7 Å². The van der Waals surface area contributed by atoms with E-state index in [9.17, 15) is 13.8 Å². The molecule has 4 aliphatic carbocycles. The molecule has 0 radical (unpaired) electrons. The van der Waals surface area contributed by atoms with E-state index in [1.54, 1.807) is 12.2 Å². The topological polar surface area (TPSA) is 51.2 Å². The average Bonchev–Trinajstić information content (AvgIpc) is 3.04. The van der Waals surface area contributed by atoms with Gasteiger partial charge in [0.25, 0.3) is 0 Å². The number of hydrogen-bond donors (Lipinski definition) is 0. The van der Waals surface area contributed by atoms with Gasteiger partial charge in [-0.15, -0.1) is 11.6 Å². The molecule has 0 saturated heterocycles. The van der Waals surface area contributed by atoms with Gasteiger partial charge in [0.1, 0.15) is 9.99 Å². The summed E-state index contributed by atoms with van der Waals surface area (Å²) >= 11 is 7.27. The molecule has 0 unspecified atom stereocenters. The highest BCUT2D eigenvalue weighted by molar-refractivity contribution is 7.87. The number of ketones is 2. The summed E-state index contributed by atoms with van der Waals surface area (Å²) in [4.78, 5) is 25.7. The Morgan fingerprint density at radius 3 is 2.62 bits per heavy atom. The first-order chi connectivity index (χ1) is 15.2. The minimum absolute atomic E-state index is 0.0264. The monoisotopic (exact) mass is 470 g/mol. The lowest BCUT2D eigenvalue weighted by atomic mass is 9.48. The van der Waals surface area contributed by atoms with Gasteiger partial charge in [-0.3, -0.25) is 13.8 Å². The summed E-state index contributed by atoms with van der Waals surface area (Å²) in [6.45, 7) is 4.25. The minimum atomic E-state index is -1.23. The lowest BCUT2D eigenvalue weighted by molar-refractivity contribution is -0.141. The molecule has 3 saturated carbocycles. The Labute approximate surface area is 198 Å². The Balaban J connectivity index is 1.42. The molecular formula is C27H31ClO3S. The predicted molar refractivity (Wildman–Crippen MR) is 129 cm³/mol. The third kappa shape index (κ3) is 3.16. The van der Waals surface area contributed by atoms with Crippen LogP contribution >= 0.6 is 11.6 Å². The van der Waals surface area contributed by atoms with Gasteiger partial charge in [-0.25, -0.2) is 0 Å². The van der Waals surface area contributed by atoms with Crippen LogP contribution in [0, 0.1) is 28.6 Å². The van der Waals surface area contributed by atoms with Crippen LogP contribution < -0.4 is 0 Å². The van der Waals surface area contributed by atoms with Crippen LogP contribution in [0.4, 0.5) is 0 Å². The normalized spacial score (nSPS) is 41.5. The molecule has 0 amide bonds. The number of allylic oxidation sites excluding steroid dienone is 4. The molecule has 5 heteroatoms. The molecule has 0 heterocycles. The molecular weight excluding hydrogens is 440 g/mol. The molecule has 0 aromatic heterocycles. The van der Waals surface area contributed by atoms with Gasteiger partial charge < -0.3 is 0 Å². The van der Waals surface area contributed by atoms with Crippen LogP contribution in [0.25, 0.3) is 0 Å². The van der Waals surface area contributed by atoms with Crippen LogP contribution in [0.15, 0.2) is 54.1 Å². The summed E-state index contributed by atoms with van der Waals surface area (Å²) in [5.41, 5.74) is 1.43. The van der Waals surface area contributed by atoms with Gasteiger partial charge in [-0.05, 0) is 61.7 Å². The molecule has 1 aromatic carbocycles. The SMILES string of the molecule is C[C@]12C=CC(=O)C=C1CC[C@@H]1[C@@H]2C(=O)C[C@@]2(C)[C@H]1CC[C@]2(Cl)[S@](=O)CCc1ccccc1. The summed E-state index contributed by atoms with van der Waals surface area (Å²) < 4.78 is 12.7. The molecule has 0 bridgehead atoms. The molecule has 0 spiro atoms. The van der Waals surface area contributed by atoms with Crippen molar-refractivity contribution in [3.05, 3.63) is 59.7 Å². The highest BCUT2D eigenvalue weighted by atomic mass is 35.5. The summed E-state index contributed by atoms with van der Waals surface area (Å²) in [6, 6.07) is 10.1. The highest BCUT2D eigenvalue weighted by Crippen LogP contribution is 2.68. The van der Waals surface area contributed by atoms with Crippen LogP contribution in [0.2, 0.25) is 0 Å². The molecule has 0 aliphatic heterocycles. The number of halogens is 1. The summed E-state index contributed by atoms with van der Waals surface area (Å²) in [6.07, 6.45) is 9.83. The molecule has 4 aliphatic rings. The van der Waals surface area contributed by atoms with E-state index < -0.39 is 20.4 Å². The van der Waals surface area contributed by atoms with E-state index in [0.29, 0.717) is 18.6 Å². The third-order valence-electron chi connectivity index (χ3n) is 9.06. The maximum atomic E-state index is 13.7. The molecule has 7 atom stereocenters. The fourth-order valence-electron chi connectivity index (χ4n) is 7.36. The molecule has 5 rings (SSSR count). The van der Waals surface area contributed by atoms with Crippen LogP contribution in [0.1, 0.15) is 51.5 Å². The van der Waals surface area contributed by atoms with Crippen LogP contribution in [-0.4, -0.2) is 25.7 Å². The fourth-order valence-corrected chi connectivity index (χ4v) is 9.74. The molecule has 170 valence electrons. The standard InChI is InChI=1S/C27H31ClO3S/c1-25-13-10-20(29)16-19(25)8-9-21-22-11-14-27(28,26(22,2)17-23(30)24(21)25)32(31)15-12-18-6-4-3-5-7-18/h3-7,10,13,16,21-22,24H,8-9,11-12,14-15,17H2,1-2H3/t21-,22-,24+,25-,26-,27-,32+/m0/s1. The molecule has 3 nitrogen and oxygen atoms in total. The van der Waals surface area contributed by atoms with Gasteiger partial charge in [0.15, 0.2) is 5.78 Å². The third-order valence-corrected chi connectivity index (χ3v) is 12.2. The first-order valence-electron chi connectivity index (χ1n) is 11.8. The second kappa shape index (κ2) is 7.77. The Hall–Kier alpha value is -1.52. The van der Waals surface area contributed by atoms with Crippen molar-refractivity contribution < 1.29 is 13.8 Å². The van der Waals surface area contributed by atoms with Crippen molar-refractivity contribution in [2.75, 3.05) is 5.75 Å². The number of fused-ring (bicyclic) bond motifs is 5. The van der Waals surface area contributed by atoms with Crippen molar-refractivity contribution in [2.45, 2.75) is 56.6 Å². The molecule has 1 aromatic rings. The largest absolute Gasteiger partial charge is 0.299 e. The molecule has 32 heavy (non-hydrogen) atoms. The second-order valence-electron chi connectivity index (χ2n) is 10.6. The summed E-state index contributed by atoms with van der Waals surface area (Å²) in [5.74, 6) is 1.18. The maximum Gasteiger partial charge on any atom is 0.178 e. The minimum Gasteiger partial charge on any atom is -0.299 e. The smallest absolute Gasteiger partial charge is 0.178 e. The van der Waals surface area contributed by atoms with Gasteiger partial charge in [-0.1, -0.05) is 55.8 Å². The van der Waals surface area contributed by atoms with Crippen molar-refractivity contribution in [3.63, 3.8) is 0 Å². The number of aryl methyl sites for hydroxylation is 1. The number of carbonyl (C=O) groups is 2. The van der Waals surface area contributed by atoms with Crippen LogP contribution in [-0.2, 0) is 26.8 Å². The van der Waals surface area contributed by atoms with Gasteiger partial charge in [0, 0.05) is 39.7 Å². The summed E-state index contributed by atoms with van der Waals surface area (Å²) in [5, 5.41) is 0. The first-order valence-corrected chi connectivity index (χ1v) is 13.5. The van der Waals surface area contributed by atoms with E-state index in [1.165, 1.54) is 5.56 Å². The Bertz CT molecular complexity index is 1050. The Morgan fingerprint density at radius 1 is 1.12 bits per heavy atom. The molecule has 0 N–H and O–H groups in total. The number of alkyl halides is 1. The van der Waals surface area contributed by atoms with Gasteiger partial charge in [0.05, 0.1) is 0 Å². The van der Waals surface area contributed by atoms with E-state index in [0.717, 1.165) is 31.3 Å². The maximum absolute atomic E-state index is 13.7. The van der Waals surface area contributed by atoms with Crippen molar-refractivity contribution in [1.82, 2.24) is 0 Å². The van der Waals surface area contributed by atoms with Crippen molar-refractivity contribution >= 4 is 34.0 Å². The number of hydrogen-bond acceptors (Lipinski definition) is 3. The Morgan fingerprint density at radius 2 is 1.88 bits per heavy atom. The van der Waals surface area contributed by atoms with Crippen molar-refractivity contribution in [3.8, 4) is 0 Å². The zero-order valence-corrected chi connectivity index (χ0v) is 20.4. The van der Waals surface area contributed by atoms with Crippen molar-refractivity contribution in [1.29, 1.82) is 0 Å². The number of rotatable bonds is 4. The molecule has 3 fully saturated rings. The average molecular weight is 471 g/mol. The fraction of sp³-hybridized carbons (Fsp3) is 0.556. The number of benzene rings is 1. The lowest BCUT2D eigenvalue weighted by Gasteiger charge is -2.56. The van der Waals surface area contributed by atoms with E-state index >= 15 is 0 Å². The van der Waals surface area contributed by atoms with Gasteiger partial charge in [0.2, 0.25) is 0 Å². The highest BCUT2D eigenvalue weighted by Gasteiger charge is 2.67. The Kier molecular flexibility index (Phi) is 5.41. The van der Waals surface area contributed by atoms with Crippen LogP contribution in [0.5, 0.6) is 0 Å². The van der Waals surface area contributed by atoms with Gasteiger partial charge >= 0.3 is 0 Å². The zero-order chi connectivity index (χ0) is 22.7.